The van der Waals surface area contributed by atoms with Gasteiger partial charge in [-0.2, -0.15) is 0 Å². The molecule has 7 heteroatoms. The maximum Gasteiger partial charge on any atom is 0.156 e. The minimum absolute atomic E-state index is 0. The molecule has 0 heterocycles. The van der Waals surface area contributed by atoms with Gasteiger partial charge in [0.05, 0.1) is 16.7 Å². The van der Waals surface area contributed by atoms with Crippen LogP contribution in [0.15, 0.2) is 12.1 Å². The highest BCUT2D eigenvalue weighted by Crippen LogP contribution is 2.35. The van der Waals surface area contributed by atoms with Crippen molar-refractivity contribution in [3.05, 3.63) is 27.2 Å². The third-order valence-corrected chi connectivity index (χ3v) is 2.90. The maximum absolute atomic E-state index is 5.98. The van der Waals surface area contributed by atoms with Crippen molar-refractivity contribution in [2.75, 3.05) is 32.9 Å². The van der Waals surface area contributed by atoms with E-state index in [9.17, 15) is 0 Å². The molecule has 0 saturated carbocycles. The van der Waals surface area contributed by atoms with Crippen LogP contribution in [0.25, 0.3) is 0 Å². The normalized spacial score (nSPS) is 10.1. The summed E-state index contributed by atoms with van der Waals surface area (Å²) in [4.78, 5) is 0. The number of ether oxygens (including phenoxy) is 2. The van der Waals surface area contributed by atoms with Crippen LogP contribution in [-0.4, -0.2) is 32.9 Å². The van der Waals surface area contributed by atoms with Gasteiger partial charge in [0.25, 0.3) is 0 Å². The quantitative estimate of drug-likeness (QED) is 0.718. The second kappa shape index (κ2) is 10.8. The first kappa shape index (κ1) is 19.1. The van der Waals surface area contributed by atoms with Crippen molar-refractivity contribution >= 4 is 47.2 Å². The van der Waals surface area contributed by atoms with Crippen molar-refractivity contribution in [3.63, 3.8) is 0 Å². The Morgan fingerprint density at radius 2 is 1.63 bits per heavy atom. The van der Waals surface area contributed by atoms with E-state index in [1.54, 1.807) is 12.1 Å². The zero-order valence-corrected chi connectivity index (χ0v) is 13.6. The number of benzene rings is 1. The molecule has 0 unspecified atom stereocenters. The van der Waals surface area contributed by atoms with Gasteiger partial charge in [-0.1, -0.05) is 34.8 Å². The van der Waals surface area contributed by atoms with Gasteiger partial charge in [-0.05, 0) is 19.1 Å². The van der Waals surface area contributed by atoms with E-state index in [4.69, 9.17) is 44.3 Å². The lowest BCUT2D eigenvalue weighted by Crippen LogP contribution is -2.25. The minimum Gasteiger partial charge on any atom is -0.489 e. The van der Waals surface area contributed by atoms with Crippen LogP contribution < -0.4 is 10.1 Å². The molecule has 0 saturated heterocycles. The van der Waals surface area contributed by atoms with Crippen LogP contribution in [0.5, 0.6) is 5.75 Å². The standard InChI is InChI=1S/C12H16Cl3NO2.ClH/c1-2-17-5-3-16-4-6-18-12-10(14)7-9(13)8-11(12)15;/h7-8,16H,2-6H2,1H3;1H. The average molecular weight is 349 g/mol. The fraction of sp³-hybridized carbons (Fsp3) is 0.500. The molecular weight excluding hydrogens is 332 g/mol. The Balaban J connectivity index is 0.00000324. The van der Waals surface area contributed by atoms with Crippen molar-refractivity contribution in [2.45, 2.75) is 6.92 Å². The molecule has 0 aliphatic carbocycles. The number of hydrogen-bond donors (Lipinski definition) is 1. The third-order valence-electron chi connectivity index (χ3n) is 2.12. The number of nitrogens with one attached hydrogen (secondary N) is 1. The lowest BCUT2D eigenvalue weighted by atomic mass is 10.3. The Morgan fingerprint density at radius 3 is 2.21 bits per heavy atom. The molecule has 0 aliphatic rings. The molecule has 3 nitrogen and oxygen atoms in total. The summed E-state index contributed by atoms with van der Waals surface area (Å²) in [6, 6.07) is 3.21. The molecule has 0 radical (unpaired) electrons. The van der Waals surface area contributed by atoms with Crippen LogP contribution in [0.3, 0.4) is 0 Å². The van der Waals surface area contributed by atoms with Gasteiger partial charge in [-0.25, -0.2) is 0 Å². The Morgan fingerprint density at radius 1 is 1.05 bits per heavy atom. The molecule has 19 heavy (non-hydrogen) atoms. The lowest BCUT2D eigenvalue weighted by Gasteiger charge is -2.11. The first-order chi connectivity index (χ1) is 8.65. The van der Waals surface area contributed by atoms with Crippen LogP contribution in [0.1, 0.15) is 6.92 Å². The topological polar surface area (TPSA) is 30.5 Å². The zero-order valence-electron chi connectivity index (χ0n) is 10.5. The molecule has 1 aromatic carbocycles. The molecule has 0 fully saturated rings. The van der Waals surface area contributed by atoms with Gasteiger partial charge in [0.2, 0.25) is 0 Å². The van der Waals surface area contributed by atoms with Crippen LogP contribution in [0.2, 0.25) is 15.1 Å². The summed E-state index contributed by atoms with van der Waals surface area (Å²) in [7, 11) is 0. The molecule has 0 amide bonds. The smallest absolute Gasteiger partial charge is 0.156 e. The molecule has 0 bridgehead atoms. The minimum atomic E-state index is 0. The van der Waals surface area contributed by atoms with Crippen molar-refractivity contribution < 1.29 is 9.47 Å². The Bertz CT molecular complexity index is 354. The Kier molecular flexibility index (Phi) is 10.9. The van der Waals surface area contributed by atoms with E-state index in [1.807, 2.05) is 6.92 Å². The summed E-state index contributed by atoms with van der Waals surface area (Å²) >= 11 is 17.8. The van der Waals surface area contributed by atoms with Crippen LogP contribution in [-0.2, 0) is 4.74 Å². The highest BCUT2D eigenvalue weighted by molar-refractivity contribution is 6.40. The summed E-state index contributed by atoms with van der Waals surface area (Å²) in [6.45, 7) is 5.36. The van der Waals surface area contributed by atoms with E-state index < -0.39 is 0 Å². The fourth-order valence-corrected chi connectivity index (χ4v) is 2.23. The van der Waals surface area contributed by atoms with E-state index in [1.165, 1.54) is 0 Å². The van der Waals surface area contributed by atoms with Gasteiger partial charge in [-0.15, -0.1) is 12.4 Å². The zero-order chi connectivity index (χ0) is 13.4. The van der Waals surface area contributed by atoms with Crippen LogP contribution in [0.4, 0.5) is 0 Å². The molecule has 110 valence electrons. The second-order valence-corrected chi connectivity index (χ2v) is 4.74. The van der Waals surface area contributed by atoms with E-state index >= 15 is 0 Å². The van der Waals surface area contributed by atoms with Gasteiger partial charge < -0.3 is 14.8 Å². The molecule has 0 aliphatic heterocycles. The first-order valence-electron chi connectivity index (χ1n) is 5.71. The summed E-state index contributed by atoms with van der Waals surface area (Å²) in [5.74, 6) is 0.467. The van der Waals surface area contributed by atoms with E-state index in [-0.39, 0.29) is 12.4 Å². The van der Waals surface area contributed by atoms with Gasteiger partial charge in [0.15, 0.2) is 5.75 Å². The average Bonchev–Trinajstić information content (AvgIpc) is 2.30. The van der Waals surface area contributed by atoms with Crippen LogP contribution >= 0.6 is 47.2 Å². The molecule has 1 N–H and O–H groups in total. The molecule has 0 spiro atoms. The van der Waals surface area contributed by atoms with Crippen molar-refractivity contribution in [2.24, 2.45) is 0 Å². The fourth-order valence-electron chi connectivity index (χ4n) is 1.31. The van der Waals surface area contributed by atoms with Crippen molar-refractivity contribution in [1.82, 2.24) is 5.32 Å². The van der Waals surface area contributed by atoms with Gasteiger partial charge >= 0.3 is 0 Å². The summed E-state index contributed by atoms with van der Waals surface area (Å²) < 4.78 is 10.7. The number of halogens is 4. The van der Waals surface area contributed by atoms with Crippen molar-refractivity contribution in [1.29, 1.82) is 0 Å². The monoisotopic (exact) mass is 347 g/mol. The molecule has 1 rings (SSSR count). The Hall–Kier alpha value is 0.1000. The third kappa shape index (κ3) is 7.45. The maximum atomic E-state index is 5.98. The van der Waals surface area contributed by atoms with E-state index in [0.29, 0.717) is 40.6 Å². The molecule has 1 aromatic rings. The van der Waals surface area contributed by atoms with Gasteiger partial charge in [-0.3, -0.25) is 0 Å². The summed E-state index contributed by atoms with van der Waals surface area (Å²) in [6.07, 6.45) is 0. The highest BCUT2D eigenvalue weighted by atomic mass is 35.5. The summed E-state index contributed by atoms with van der Waals surface area (Å²) in [5.41, 5.74) is 0. The SMILES string of the molecule is CCOCCNCCOc1c(Cl)cc(Cl)cc1Cl.Cl. The number of rotatable bonds is 8. The Labute approximate surface area is 134 Å². The van der Waals surface area contributed by atoms with Gasteiger partial charge in [0, 0.05) is 24.7 Å². The highest BCUT2D eigenvalue weighted by Gasteiger charge is 2.08. The van der Waals surface area contributed by atoms with E-state index in [0.717, 1.165) is 13.2 Å². The van der Waals surface area contributed by atoms with Gasteiger partial charge in [0.1, 0.15) is 6.61 Å². The molecule has 0 atom stereocenters. The predicted molar refractivity (Wildman–Crippen MR) is 83.6 cm³/mol. The second-order valence-electron chi connectivity index (χ2n) is 3.49. The molecular formula is C12H17Cl4NO2. The van der Waals surface area contributed by atoms with Crippen LogP contribution in [0, 0.1) is 0 Å². The first-order valence-corrected chi connectivity index (χ1v) is 6.84. The number of hydrogen-bond acceptors (Lipinski definition) is 3. The van der Waals surface area contributed by atoms with E-state index in [2.05, 4.69) is 5.32 Å². The molecule has 0 aromatic heterocycles. The lowest BCUT2D eigenvalue weighted by molar-refractivity contribution is 0.148. The largest absolute Gasteiger partial charge is 0.489 e. The predicted octanol–water partition coefficient (Wildman–Crippen LogP) is 4.07. The van der Waals surface area contributed by atoms with Crippen molar-refractivity contribution in [3.8, 4) is 5.75 Å². The summed E-state index contributed by atoms with van der Waals surface area (Å²) in [5, 5.41) is 4.51.